The van der Waals surface area contributed by atoms with Gasteiger partial charge in [-0.05, 0) is 24.3 Å². The van der Waals surface area contributed by atoms with Crippen LogP contribution in [0.1, 0.15) is 0 Å². The van der Waals surface area contributed by atoms with Gasteiger partial charge in [-0.25, -0.2) is 17.2 Å². The number of amides is 1. The van der Waals surface area contributed by atoms with Crippen molar-refractivity contribution >= 4 is 21.4 Å². The first kappa shape index (κ1) is 17.3. The van der Waals surface area contributed by atoms with E-state index in [0.717, 1.165) is 0 Å². The molecule has 0 bridgehead atoms. The minimum absolute atomic E-state index is 0.450. The molecule has 0 fully saturated rings. The molecule has 0 aliphatic heterocycles. The molecule has 1 aromatic carbocycles. The summed E-state index contributed by atoms with van der Waals surface area (Å²) in [6, 6.07) is 2.68. The Balaban J connectivity index is 2.93. The molecule has 0 radical (unpaired) electrons. The quantitative estimate of drug-likeness (QED) is 0.841. The number of hydrogen-bond donors (Lipinski definition) is 1. The van der Waals surface area contributed by atoms with Gasteiger partial charge in [-0.2, -0.15) is 17.6 Å². The van der Waals surface area contributed by atoms with Crippen LogP contribution in [0, 0.1) is 0 Å². The second-order valence-corrected chi connectivity index (χ2v) is 5.63. The Bertz CT molecular complexity index is 614. The van der Waals surface area contributed by atoms with E-state index in [0.29, 0.717) is 24.3 Å². The van der Waals surface area contributed by atoms with Crippen molar-refractivity contribution in [2.75, 3.05) is 5.32 Å². The molecule has 0 saturated carbocycles. The lowest BCUT2D eigenvalue weighted by molar-refractivity contribution is -0.163. The molecule has 1 N–H and O–H groups in total. The van der Waals surface area contributed by atoms with Crippen LogP contribution in [-0.2, 0) is 14.6 Å². The number of carbonyl (C=O) groups excluding carboxylic acids is 1. The summed E-state index contributed by atoms with van der Waals surface area (Å²) in [7, 11) is -4.88. The molecule has 0 unspecified atom stereocenters. The number of hydrogen-bond acceptors (Lipinski definition) is 3. The summed E-state index contributed by atoms with van der Waals surface area (Å²) >= 11 is 0. The molecule has 0 aliphatic rings. The van der Waals surface area contributed by atoms with E-state index in [9.17, 15) is 39.6 Å². The Kier molecular flexibility index (Phi) is 4.87. The summed E-state index contributed by atoms with van der Waals surface area (Å²) in [5.41, 5.74) is -0.450. The van der Waals surface area contributed by atoms with E-state index in [1.54, 1.807) is 0 Å². The van der Waals surface area contributed by atoms with Crippen LogP contribution in [0.3, 0.4) is 0 Å². The van der Waals surface area contributed by atoms with Crippen molar-refractivity contribution in [2.24, 2.45) is 0 Å². The zero-order valence-corrected chi connectivity index (χ0v) is 10.7. The van der Waals surface area contributed by atoms with E-state index in [4.69, 9.17) is 0 Å². The van der Waals surface area contributed by atoms with Gasteiger partial charge in [0.15, 0.2) is 0 Å². The van der Waals surface area contributed by atoms with Gasteiger partial charge in [0.25, 0.3) is 0 Å². The monoisotopic (exact) mass is 335 g/mol. The van der Waals surface area contributed by atoms with Crippen molar-refractivity contribution in [3.8, 4) is 0 Å². The lowest BCUT2D eigenvalue weighted by atomic mass is 10.3. The standard InChI is InChI=1S/C10H7F6NO3S/c11-7(12)10(15,16)8(18)17-5-1-3-6(4-2-5)21(19,20)9(13)14/h1-4,7,9H,(H,17,18). The summed E-state index contributed by atoms with van der Waals surface area (Å²) in [6.45, 7) is 0. The minimum atomic E-state index is -4.94. The van der Waals surface area contributed by atoms with Crippen LogP contribution in [-0.4, -0.2) is 32.4 Å². The first-order valence-electron chi connectivity index (χ1n) is 5.09. The van der Waals surface area contributed by atoms with Crippen molar-refractivity contribution in [3.63, 3.8) is 0 Å². The molecular weight excluding hydrogens is 328 g/mol. The van der Waals surface area contributed by atoms with Crippen LogP contribution < -0.4 is 5.32 Å². The van der Waals surface area contributed by atoms with Gasteiger partial charge >= 0.3 is 24.0 Å². The van der Waals surface area contributed by atoms with Gasteiger partial charge in [-0.15, -0.1) is 0 Å². The Hall–Kier alpha value is -1.78. The highest BCUT2D eigenvalue weighted by molar-refractivity contribution is 7.91. The number of rotatable bonds is 5. The van der Waals surface area contributed by atoms with E-state index in [2.05, 4.69) is 0 Å². The first-order chi connectivity index (χ1) is 9.49. The molecular formula is C10H7F6NO3S. The SMILES string of the molecule is O=C(Nc1ccc(S(=O)(=O)C(F)F)cc1)C(F)(F)C(F)F. The van der Waals surface area contributed by atoms with E-state index in [1.165, 1.54) is 5.32 Å². The van der Waals surface area contributed by atoms with Crippen molar-refractivity contribution in [1.82, 2.24) is 0 Å². The van der Waals surface area contributed by atoms with Crippen LogP contribution in [0.25, 0.3) is 0 Å². The zero-order valence-electron chi connectivity index (χ0n) is 9.86. The van der Waals surface area contributed by atoms with Crippen LogP contribution in [0.2, 0.25) is 0 Å². The fourth-order valence-corrected chi connectivity index (χ4v) is 1.87. The number of nitrogens with one attached hydrogen (secondary N) is 1. The van der Waals surface area contributed by atoms with Crippen molar-refractivity contribution < 1.29 is 39.6 Å². The maximum atomic E-state index is 12.6. The third-order valence-electron chi connectivity index (χ3n) is 2.25. The average Bonchev–Trinajstić information content (AvgIpc) is 2.38. The third kappa shape index (κ3) is 3.65. The first-order valence-corrected chi connectivity index (χ1v) is 6.63. The lowest BCUT2D eigenvalue weighted by Crippen LogP contribution is -2.40. The molecule has 0 atom stereocenters. The average molecular weight is 335 g/mol. The van der Waals surface area contributed by atoms with Crippen LogP contribution >= 0.6 is 0 Å². The summed E-state index contributed by atoms with van der Waals surface area (Å²) in [6.07, 6.45) is -4.23. The fourth-order valence-electron chi connectivity index (χ4n) is 1.14. The fraction of sp³-hybridized carbons (Fsp3) is 0.300. The Morgan fingerprint density at radius 2 is 1.52 bits per heavy atom. The van der Waals surface area contributed by atoms with Gasteiger partial charge in [0.2, 0.25) is 9.84 Å². The molecule has 1 rings (SSSR count). The second kappa shape index (κ2) is 5.92. The molecule has 11 heteroatoms. The Morgan fingerprint density at radius 3 is 1.90 bits per heavy atom. The molecule has 118 valence electrons. The maximum Gasteiger partial charge on any atom is 0.383 e. The van der Waals surface area contributed by atoms with E-state index in [-0.39, 0.29) is 0 Å². The van der Waals surface area contributed by atoms with Crippen LogP contribution in [0.4, 0.5) is 32.0 Å². The third-order valence-corrected chi connectivity index (χ3v) is 3.65. The number of halogens is 6. The Labute approximate surface area is 114 Å². The van der Waals surface area contributed by atoms with Gasteiger partial charge in [-0.3, -0.25) is 4.79 Å². The minimum Gasteiger partial charge on any atom is -0.321 e. The number of sulfone groups is 1. The van der Waals surface area contributed by atoms with Gasteiger partial charge < -0.3 is 5.32 Å². The summed E-state index contributed by atoms with van der Waals surface area (Å²) in [5.74, 6) is -10.9. The predicted octanol–water partition coefficient (Wildman–Crippen LogP) is 2.52. The number of benzene rings is 1. The van der Waals surface area contributed by atoms with Crippen molar-refractivity contribution in [3.05, 3.63) is 24.3 Å². The number of alkyl halides is 6. The zero-order chi connectivity index (χ0) is 16.4. The van der Waals surface area contributed by atoms with Crippen LogP contribution in [0.15, 0.2) is 29.2 Å². The highest BCUT2D eigenvalue weighted by atomic mass is 32.2. The van der Waals surface area contributed by atoms with Crippen molar-refractivity contribution in [2.45, 2.75) is 23.0 Å². The Morgan fingerprint density at radius 1 is 1.05 bits per heavy atom. The van der Waals surface area contributed by atoms with Crippen LogP contribution in [0.5, 0.6) is 0 Å². The van der Waals surface area contributed by atoms with E-state index < -0.39 is 44.4 Å². The topological polar surface area (TPSA) is 63.2 Å². The second-order valence-electron chi connectivity index (χ2n) is 3.71. The predicted molar refractivity (Wildman–Crippen MR) is 59.2 cm³/mol. The van der Waals surface area contributed by atoms with E-state index >= 15 is 0 Å². The molecule has 0 aliphatic carbocycles. The van der Waals surface area contributed by atoms with Gasteiger partial charge in [0.05, 0.1) is 4.90 Å². The maximum absolute atomic E-state index is 12.6. The molecule has 4 nitrogen and oxygen atoms in total. The molecule has 1 amide bonds. The molecule has 0 saturated heterocycles. The summed E-state index contributed by atoms with van der Waals surface area (Å²) < 4.78 is 95.6. The smallest absolute Gasteiger partial charge is 0.321 e. The molecule has 0 heterocycles. The summed E-state index contributed by atoms with van der Waals surface area (Å²) in [4.78, 5) is 10.1. The van der Waals surface area contributed by atoms with E-state index in [1.807, 2.05) is 0 Å². The normalized spacial score (nSPS) is 12.8. The molecule has 1 aromatic rings. The molecule has 0 aromatic heterocycles. The lowest BCUT2D eigenvalue weighted by Gasteiger charge is -2.14. The molecule has 0 spiro atoms. The van der Waals surface area contributed by atoms with Gasteiger partial charge in [0.1, 0.15) is 0 Å². The molecule has 21 heavy (non-hydrogen) atoms. The number of carbonyl (C=O) groups is 1. The largest absolute Gasteiger partial charge is 0.383 e. The highest BCUT2D eigenvalue weighted by Gasteiger charge is 2.48. The van der Waals surface area contributed by atoms with Gasteiger partial charge in [-0.1, -0.05) is 0 Å². The highest BCUT2D eigenvalue weighted by Crippen LogP contribution is 2.25. The number of anilines is 1. The van der Waals surface area contributed by atoms with Gasteiger partial charge in [0, 0.05) is 5.69 Å². The summed E-state index contributed by atoms with van der Waals surface area (Å²) in [5, 5.41) is 1.42. The van der Waals surface area contributed by atoms with Crippen molar-refractivity contribution in [1.29, 1.82) is 0 Å².